The Bertz CT molecular complexity index is 288. The summed E-state index contributed by atoms with van der Waals surface area (Å²) in [5.74, 6) is -0.909. The van der Waals surface area contributed by atoms with E-state index in [4.69, 9.17) is 15.0 Å². The molecule has 7 nitrogen and oxygen atoms in total. The van der Waals surface area contributed by atoms with Crippen LogP contribution in [0.25, 0.3) is 10.4 Å². The van der Waals surface area contributed by atoms with Crippen molar-refractivity contribution in [2.45, 2.75) is 37.9 Å². The number of rotatable bonds is 4. The van der Waals surface area contributed by atoms with E-state index >= 15 is 0 Å². The summed E-state index contributed by atoms with van der Waals surface area (Å²) >= 11 is 0. The Kier molecular flexibility index (Phi) is 3.65. The molecule has 0 aromatic carbocycles. The summed E-state index contributed by atoms with van der Waals surface area (Å²) < 4.78 is 10.6. The molecule has 1 N–H and O–H groups in total. The zero-order valence-electron chi connectivity index (χ0n) is 8.53. The van der Waals surface area contributed by atoms with Gasteiger partial charge in [0.2, 0.25) is 0 Å². The lowest BCUT2D eigenvalue weighted by atomic mass is 10.1. The lowest BCUT2D eigenvalue weighted by Gasteiger charge is -2.19. The molecule has 3 atom stereocenters. The first-order valence-electron chi connectivity index (χ1n) is 4.50. The lowest BCUT2D eigenvalue weighted by Crippen LogP contribution is -2.38. The predicted molar refractivity (Wildman–Crippen MR) is 49.9 cm³/mol. The number of azide groups is 1. The topological polar surface area (TPSA) is 105 Å². The predicted octanol–water partition coefficient (Wildman–Crippen LogP) is 0.377. The van der Waals surface area contributed by atoms with E-state index in [0.29, 0.717) is 6.29 Å². The second-order valence-corrected chi connectivity index (χ2v) is 3.68. The van der Waals surface area contributed by atoms with Crippen LogP contribution in [-0.4, -0.2) is 42.0 Å². The molecule has 84 valence electrons. The van der Waals surface area contributed by atoms with Crippen molar-refractivity contribution >= 4 is 6.29 Å². The van der Waals surface area contributed by atoms with Crippen LogP contribution in [0.15, 0.2) is 5.11 Å². The minimum atomic E-state index is -1.04. The van der Waals surface area contributed by atoms with E-state index in [0.717, 1.165) is 0 Å². The molecule has 7 heteroatoms. The summed E-state index contributed by atoms with van der Waals surface area (Å²) in [6, 6.07) is 0. The number of carbonyl (C=O) groups is 1. The molecule has 0 aromatic heterocycles. The Morgan fingerprint density at radius 2 is 2.33 bits per heavy atom. The van der Waals surface area contributed by atoms with Crippen LogP contribution in [0.5, 0.6) is 0 Å². The first-order chi connectivity index (χ1) is 7.00. The van der Waals surface area contributed by atoms with Crippen molar-refractivity contribution in [2.75, 3.05) is 6.54 Å². The van der Waals surface area contributed by atoms with Crippen LogP contribution in [0.1, 0.15) is 13.8 Å². The molecule has 1 aliphatic rings. The van der Waals surface area contributed by atoms with Crippen LogP contribution in [0.4, 0.5) is 0 Å². The van der Waals surface area contributed by atoms with Gasteiger partial charge >= 0.3 is 0 Å². The Balaban J connectivity index is 2.67. The van der Waals surface area contributed by atoms with Crippen LogP contribution in [0.3, 0.4) is 0 Å². The van der Waals surface area contributed by atoms with Crippen molar-refractivity contribution in [1.82, 2.24) is 0 Å². The normalized spacial score (nSPS) is 30.6. The zero-order chi connectivity index (χ0) is 11.5. The second kappa shape index (κ2) is 4.59. The van der Waals surface area contributed by atoms with Gasteiger partial charge in [0, 0.05) is 4.91 Å². The number of hydrogen-bond acceptors (Lipinski definition) is 5. The van der Waals surface area contributed by atoms with Gasteiger partial charge in [0.25, 0.3) is 0 Å². The molecule has 0 radical (unpaired) electrons. The Labute approximate surface area is 86.6 Å². The van der Waals surface area contributed by atoms with E-state index < -0.39 is 24.1 Å². The first-order valence-corrected chi connectivity index (χ1v) is 4.50. The molecular weight excluding hydrogens is 202 g/mol. The highest BCUT2D eigenvalue weighted by Crippen LogP contribution is 2.29. The summed E-state index contributed by atoms with van der Waals surface area (Å²) in [6.07, 6.45) is -2.09. The molecule has 0 bridgehead atoms. The van der Waals surface area contributed by atoms with Gasteiger partial charge in [0.15, 0.2) is 12.1 Å². The number of hydrogen-bond donors (Lipinski definition) is 1. The fourth-order valence-electron chi connectivity index (χ4n) is 1.44. The van der Waals surface area contributed by atoms with E-state index in [9.17, 15) is 9.90 Å². The number of aliphatic hydroxyl groups excluding tert-OH is 1. The summed E-state index contributed by atoms with van der Waals surface area (Å²) in [7, 11) is 0. The van der Waals surface area contributed by atoms with Gasteiger partial charge < -0.3 is 19.4 Å². The molecule has 0 aliphatic carbocycles. The minimum Gasteiger partial charge on any atom is -0.390 e. The maximum atomic E-state index is 10.7. The third-order valence-corrected chi connectivity index (χ3v) is 2.01. The van der Waals surface area contributed by atoms with Gasteiger partial charge in [0.05, 0.1) is 12.6 Å². The second-order valence-electron chi connectivity index (χ2n) is 3.68. The number of nitrogens with zero attached hydrogens (tertiary/aromatic N) is 3. The van der Waals surface area contributed by atoms with Gasteiger partial charge in [-0.05, 0) is 19.4 Å². The maximum Gasteiger partial charge on any atom is 0.164 e. The fraction of sp³-hybridized carbons (Fsp3) is 0.875. The third-order valence-electron chi connectivity index (χ3n) is 2.01. The molecule has 15 heavy (non-hydrogen) atoms. The molecule has 1 saturated heterocycles. The molecule has 1 fully saturated rings. The Hall–Kier alpha value is -1.14. The van der Waals surface area contributed by atoms with Crippen LogP contribution < -0.4 is 0 Å². The van der Waals surface area contributed by atoms with Gasteiger partial charge in [-0.25, -0.2) is 0 Å². The van der Waals surface area contributed by atoms with Gasteiger partial charge in [0.1, 0.15) is 12.2 Å². The third kappa shape index (κ3) is 2.90. The van der Waals surface area contributed by atoms with Crippen LogP contribution >= 0.6 is 0 Å². The first kappa shape index (κ1) is 11.9. The standard InChI is InChI=1S/C8H13N3O4/c1-8(2)14-6(4-12)7(15-8)5(13)3-10-11-9/h4-7,13H,3H2,1-2H3/t5-,6-,7-/m1/s1. The summed E-state index contributed by atoms with van der Waals surface area (Å²) in [4.78, 5) is 13.2. The van der Waals surface area contributed by atoms with Crippen molar-refractivity contribution in [3.63, 3.8) is 0 Å². The molecule has 0 amide bonds. The largest absolute Gasteiger partial charge is 0.390 e. The maximum absolute atomic E-state index is 10.7. The number of carbonyl (C=O) groups excluding carboxylic acids is 1. The molecule has 0 unspecified atom stereocenters. The zero-order valence-corrected chi connectivity index (χ0v) is 8.53. The number of ether oxygens (including phenoxy) is 2. The molecule has 0 saturated carbocycles. The van der Waals surface area contributed by atoms with Crippen molar-refractivity contribution in [1.29, 1.82) is 0 Å². The van der Waals surface area contributed by atoms with E-state index in [2.05, 4.69) is 10.0 Å². The van der Waals surface area contributed by atoms with Crippen molar-refractivity contribution in [2.24, 2.45) is 5.11 Å². The monoisotopic (exact) mass is 215 g/mol. The quantitative estimate of drug-likeness (QED) is 0.316. The van der Waals surface area contributed by atoms with Crippen molar-refractivity contribution < 1.29 is 19.4 Å². The fourth-order valence-corrected chi connectivity index (χ4v) is 1.44. The Morgan fingerprint density at radius 1 is 1.67 bits per heavy atom. The lowest BCUT2D eigenvalue weighted by molar-refractivity contribution is -0.156. The molecule has 1 heterocycles. The highest BCUT2D eigenvalue weighted by molar-refractivity contribution is 5.58. The van der Waals surface area contributed by atoms with E-state index in [1.165, 1.54) is 0 Å². The van der Waals surface area contributed by atoms with E-state index in [1.807, 2.05) is 0 Å². The summed E-state index contributed by atoms with van der Waals surface area (Å²) in [5, 5.41) is 12.8. The molecule has 0 spiro atoms. The van der Waals surface area contributed by atoms with Gasteiger partial charge in [-0.3, -0.25) is 0 Å². The van der Waals surface area contributed by atoms with Gasteiger partial charge in [-0.1, -0.05) is 5.11 Å². The molecular formula is C8H13N3O4. The van der Waals surface area contributed by atoms with Crippen LogP contribution in [-0.2, 0) is 14.3 Å². The molecule has 1 aliphatic heterocycles. The molecule has 0 aromatic rings. The number of aldehydes is 1. The SMILES string of the molecule is CC1(C)O[C@H]([C@H](O)CN=[N+]=[N-])[C@@H](C=O)O1. The van der Waals surface area contributed by atoms with Crippen LogP contribution in [0.2, 0.25) is 0 Å². The highest BCUT2D eigenvalue weighted by atomic mass is 16.8. The molecule has 1 rings (SSSR count). The van der Waals surface area contributed by atoms with Crippen molar-refractivity contribution in [3.05, 3.63) is 10.4 Å². The minimum absolute atomic E-state index is 0.148. The van der Waals surface area contributed by atoms with Crippen molar-refractivity contribution in [3.8, 4) is 0 Å². The van der Waals surface area contributed by atoms with Gasteiger partial charge in [-0.2, -0.15) is 0 Å². The average molecular weight is 215 g/mol. The summed E-state index contributed by atoms with van der Waals surface area (Å²) in [6.45, 7) is 3.14. The average Bonchev–Trinajstić information content (AvgIpc) is 2.50. The summed E-state index contributed by atoms with van der Waals surface area (Å²) in [5.41, 5.74) is 8.09. The van der Waals surface area contributed by atoms with E-state index in [1.54, 1.807) is 13.8 Å². The highest BCUT2D eigenvalue weighted by Gasteiger charge is 2.44. The Morgan fingerprint density at radius 3 is 2.87 bits per heavy atom. The van der Waals surface area contributed by atoms with E-state index in [-0.39, 0.29) is 6.54 Å². The van der Waals surface area contributed by atoms with Gasteiger partial charge in [-0.15, -0.1) is 0 Å². The van der Waals surface area contributed by atoms with Crippen LogP contribution in [0, 0.1) is 0 Å². The smallest absolute Gasteiger partial charge is 0.164 e. The number of aliphatic hydroxyl groups is 1.